The summed E-state index contributed by atoms with van der Waals surface area (Å²) >= 11 is 5.61. The fraction of sp³-hybridized carbons (Fsp3) is 0.111. The van der Waals surface area contributed by atoms with Crippen molar-refractivity contribution in [2.24, 2.45) is 0 Å². The van der Waals surface area contributed by atoms with E-state index in [0.717, 1.165) is 16.7 Å². The van der Waals surface area contributed by atoms with Crippen LogP contribution in [0.25, 0.3) is 0 Å². The van der Waals surface area contributed by atoms with Crippen LogP contribution < -0.4 is 10.6 Å². The highest BCUT2D eigenvalue weighted by Gasteiger charge is 2.13. The zero-order valence-corrected chi connectivity index (χ0v) is 13.6. The maximum absolute atomic E-state index is 12.0. The van der Waals surface area contributed by atoms with Gasteiger partial charge in [-0.1, -0.05) is 72.3 Å². The first kappa shape index (κ1) is 17.6. The van der Waals surface area contributed by atoms with E-state index in [9.17, 15) is 9.59 Å². The average molecular weight is 345 g/mol. The van der Waals surface area contributed by atoms with Gasteiger partial charge in [-0.3, -0.25) is 10.1 Å². The van der Waals surface area contributed by atoms with Crippen molar-refractivity contribution in [1.29, 1.82) is 0 Å². The fourth-order valence-corrected chi connectivity index (χ4v) is 2.03. The summed E-state index contributed by atoms with van der Waals surface area (Å²) in [5.41, 5.74) is 2.71. The molecule has 0 saturated carbocycles. The van der Waals surface area contributed by atoms with Gasteiger partial charge in [-0.2, -0.15) is 0 Å². The molecule has 2 aromatic rings. The Hall–Kier alpha value is -2.79. The summed E-state index contributed by atoms with van der Waals surface area (Å²) in [5, 5.41) is 5.00. The third-order valence-electron chi connectivity index (χ3n) is 3.10. The highest BCUT2D eigenvalue weighted by molar-refractivity contribution is 6.27. The van der Waals surface area contributed by atoms with Crippen molar-refractivity contribution in [2.45, 2.75) is 13.2 Å². The molecule has 0 saturated heterocycles. The number of benzene rings is 2. The lowest BCUT2D eigenvalue weighted by Crippen LogP contribution is -2.34. The minimum atomic E-state index is -0.749. The predicted octanol–water partition coefficient (Wildman–Crippen LogP) is 3.31. The summed E-state index contributed by atoms with van der Waals surface area (Å²) in [6.07, 6.45) is -0.749. The molecule has 2 amide bonds. The number of nitrogens with one attached hydrogen (secondary N) is 2. The lowest BCUT2D eigenvalue weighted by atomic mass is 10.2. The van der Waals surface area contributed by atoms with Gasteiger partial charge in [-0.25, -0.2) is 4.79 Å². The number of hydrogen-bond donors (Lipinski definition) is 2. The molecule has 0 unspecified atom stereocenters. The number of amides is 2. The second-order valence-electron chi connectivity index (χ2n) is 4.88. The molecule has 0 radical (unpaired) electrons. The van der Waals surface area contributed by atoms with Gasteiger partial charge in [0.15, 0.2) is 0 Å². The van der Waals surface area contributed by atoms with Crippen LogP contribution in [0, 0.1) is 0 Å². The van der Waals surface area contributed by atoms with Crippen molar-refractivity contribution in [2.75, 3.05) is 0 Å². The maximum atomic E-state index is 12.0. The van der Waals surface area contributed by atoms with Crippen LogP contribution in [-0.4, -0.2) is 12.0 Å². The molecule has 2 aromatic carbocycles. The number of hydrogen-bond acceptors (Lipinski definition) is 3. The van der Waals surface area contributed by atoms with E-state index < -0.39 is 12.0 Å². The van der Waals surface area contributed by atoms with Gasteiger partial charge in [0.25, 0.3) is 5.91 Å². The molecule has 0 spiro atoms. The average Bonchev–Trinajstić information content (AvgIpc) is 2.64. The number of rotatable bonds is 6. The first-order chi connectivity index (χ1) is 11.7. The lowest BCUT2D eigenvalue weighted by Gasteiger charge is -2.10. The third kappa shape index (κ3) is 5.78. The molecule has 5 nitrogen and oxygen atoms in total. The van der Waals surface area contributed by atoms with Gasteiger partial charge in [0, 0.05) is 12.1 Å². The summed E-state index contributed by atoms with van der Waals surface area (Å²) < 4.78 is 5.04. The molecular formula is C18H17ClN2O3. The van der Waals surface area contributed by atoms with E-state index in [1.54, 1.807) is 0 Å². The number of alkyl carbamates (subject to hydrolysis) is 1. The first-order valence-electron chi connectivity index (χ1n) is 7.29. The molecule has 0 fully saturated rings. The van der Waals surface area contributed by atoms with E-state index in [2.05, 4.69) is 10.6 Å². The van der Waals surface area contributed by atoms with E-state index in [1.165, 1.54) is 0 Å². The van der Waals surface area contributed by atoms with Crippen LogP contribution in [0.3, 0.4) is 0 Å². The van der Waals surface area contributed by atoms with E-state index in [1.807, 2.05) is 60.7 Å². The molecule has 0 atom stereocenters. The molecule has 0 aliphatic carbocycles. The molecule has 2 rings (SSSR count). The molecule has 6 heteroatoms. The standard InChI is InChI=1S/C18H17ClN2O3/c19-11-16(17(22)20-12-14-7-3-1-4-8-14)21-18(23)24-13-15-9-5-2-6-10-15/h1-11H,12-13H2,(H,20,22)(H,21,23)/b16-11-. The molecule has 2 N–H and O–H groups in total. The number of carbonyl (C=O) groups is 2. The summed E-state index contributed by atoms with van der Waals surface area (Å²) in [6, 6.07) is 18.6. The number of carbonyl (C=O) groups excluding carboxylic acids is 2. The summed E-state index contributed by atoms with van der Waals surface area (Å²) in [7, 11) is 0. The van der Waals surface area contributed by atoms with Crippen molar-refractivity contribution >= 4 is 23.6 Å². The Labute approximate surface area is 145 Å². The van der Waals surface area contributed by atoms with Crippen molar-refractivity contribution in [3.63, 3.8) is 0 Å². The van der Waals surface area contributed by atoms with Crippen LogP contribution in [0.2, 0.25) is 0 Å². The zero-order chi connectivity index (χ0) is 17.2. The normalized spacial score (nSPS) is 10.8. The van der Waals surface area contributed by atoms with Gasteiger partial charge >= 0.3 is 6.09 Å². The van der Waals surface area contributed by atoms with E-state index >= 15 is 0 Å². The zero-order valence-electron chi connectivity index (χ0n) is 12.9. The van der Waals surface area contributed by atoms with Gasteiger partial charge in [0.2, 0.25) is 0 Å². The van der Waals surface area contributed by atoms with Gasteiger partial charge in [-0.05, 0) is 11.1 Å². The highest BCUT2D eigenvalue weighted by atomic mass is 35.5. The Balaban J connectivity index is 1.80. The molecular weight excluding hydrogens is 328 g/mol. The highest BCUT2D eigenvalue weighted by Crippen LogP contribution is 2.03. The summed E-state index contributed by atoms with van der Waals surface area (Å²) in [4.78, 5) is 23.8. The summed E-state index contributed by atoms with van der Waals surface area (Å²) in [6.45, 7) is 0.433. The van der Waals surface area contributed by atoms with Crippen molar-refractivity contribution in [3.05, 3.63) is 83.0 Å². The van der Waals surface area contributed by atoms with Crippen LogP contribution in [0.1, 0.15) is 11.1 Å². The van der Waals surface area contributed by atoms with Gasteiger partial charge in [0.05, 0.1) is 0 Å². The van der Waals surface area contributed by atoms with Crippen LogP contribution in [0.5, 0.6) is 0 Å². The smallest absolute Gasteiger partial charge is 0.412 e. The second-order valence-corrected chi connectivity index (χ2v) is 5.10. The monoisotopic (exact) mass is 344 g/mol. The fourth-order valence-electron chi connectivity index (χ4n) is 1.88. The van der Waals surface area contributed by atoms with E-state index in [0.29, 0.717) is 6.54 Å². The maximum Gasteiger partial charge on any atom is 0.412 e. The predicted molar refractivity (Wildman–Crippen MR) is 92.0 cm³/mol. The number of halogens is 1. The van der Waals surface area contributed by atoms with E-state index in [-0.39, 0.29) is 12.3 Å². The Bertz CT molecular complexity index is 703. The molecule has 0 aliphatic rings. The van der Waals surface area contributed by atoms with Crippen molar-refractivity contribution in [1.82, 2.24) is 10.6 Å². The van der Waals surface area contributed by atoms with Crippen molar-refractivity contribution in [3.8, 4) is 0 Å². The minimum absolute atomic E-state index is 0.0781. The van der Waals surface area contributed by atoms with Gasteiger partial charge in [-0.15, -0.1) is 0 Å². The first-order valence-corrected chi connectivity index (χ1v) is 7.73. The SMILES string of the molecule is O=C(N/C(=C\Cl)C(=O)NCc1ccccc1)OCc1ccccc1. The second kappa shape index (κ2) is 9.37. The Morgan fingerprint density at radius 2 is 1.54 bits per heavy atom. The Kier molecular flexibility index (Phi) is 6.86. The topological polar surface area (TPSA) is 67.4 Å². The molecule has 24 heavy (non-hydrogen) atoms. The quantitative estimate of drug-likeness (QED) is 0.790. The third-order valence-corrected chi connectivity index (χ3v) is 3.32. The molecule has 0 aromatic heterocycles. The van der Waals surface area contributed by atoms with Crippen molar-refractivity contribution < 1.29 is 14.3 Å². The van der Waals surface area contributed by atoms with Gasteiger partial charge < -0.3 is 10.1 Å². The van der Waals surface area contributed by atoms with Gasteiger partial charge in [0.1, 0.15) is 12.3 Å². The number of ether oxygens (including phenoxy) is 1. The molecule has 0 aliphatic heterocycles. The van der Waals surface area contributed by atoms with Crippen LogP contribution >= 0.6 is 11.6 Å². The van der Waals surface area contributed by atoms with Crippen LogP contribution in [0.15, 0.2) is 71.9 Å². The van der Waals surface area contributed by atoms with E-state index in [4.69, 9.17) is 16.3 Å². The Morgan fingerprint density at radius 3 is 2.12 bits per heavy atom. The Morgan fingerprint density at radius 1 is 0.958 bits per heavy atom. The van der Waals surface area contributed by atoms with Crippen LogP contribution in [0.4, 0.5) is 4.79 Å². The van der Waals surface area contributed by atoms with Crippen LogP contribution in [-0.2, 0) is 22.7 Å². The molecule has 124 valence electrons. The molecule has 0 heterocycles. The molecule has 0 bridgehead atoms. The largest absolute Gasteiger partial charge is 0.444 e. The summed E-state index contributed by atoms with van der Waals surface area (Å²) in [5.74, 6) is -0.495. The minimum Gasteiger partial charge on any atom is -0.444 e. The lowest BCUT2D eigenvalue weighted by molar-refractivity contribution is -0.118.